The van der Waals surface area contributed by atoms with Gasteiger partial charge in [-0.05, 0) is 56.1 Å². The van der Waals surface area contributed by atoms with E-state index < -0.39 is 0 Å². The smallest absolute Gasteiger partial charge is 0.341 e. The molecule has 1 aromatic carbocycles. The SMILES string of the molecule is CCC(C)CCCC=CCCCCCCCc1cccc(OC)c1C(=O)OC. The number of allylic oxidation sites excluding steroid dienone is 2. The highest BCUT2D eigenvalue weighted by Crippen LogP contribution is 2.25. The Balaban J connectivity index is 2.17. The van der Waals surface area contributed by atoms with Crippen LogP contribution in [0.15, 0.2) is 30.4 Å². The highest BCUT2D eigenvalue weighted by Gasteiger charge is 2.17. The number of hydrogen-bond donors (Lipinski definition) is 0. The molecule has 1 unspecified atom stereocenters. The zero-order chi connectivity index (χ0) is 20.6. The van der Waals surface area contributed by atoms with Crippen molar-refractivity contribution in [1.82, 2.24) is 0 Å². The van der Waals surface area contributed by atoms with E-state index in [4.69, 9.17) is 9.47 Å². The maximum absolute atomic E-state index is 12.1. The van der Waals surface area contributed by atoms with E-state index in [2.05, 4.69) is 26.0 Å². The third kappa shape index (κ3) is 9.43. The van der Waals surface area contributed by atoms with Gasteiger partial charge >= 0.3 is 5.97 Å². The zero-order valence-corrected chi connectivity index (χ0v) is 18.5. The Morgan fingerprint density at radius 2 is 1.68 bits per heavy atom. The Hall–Kier alpha value is -1.77. The van der Waals surface area contributed by atoms with Crippen molar-refractivity contribution in [2.45, 2.75) is 84.5 Å². The van der Waals surface area contributed by atoms with Crippen LogP contribution in [0.1, 0.15) is 94.0 Å². The summed E-state index contributed by atoms with van der Waals surface area (Å²) in [7, 11) is 3.00. The van der Waals surface area contributed by atoms with Crippen molar-refractivity contribution >= 4 is 5.97 Å². The molecule has 1 atom stereocenters. The molecule has 0 aliphatic rings. The largest absolute Gasteiger partial charge is 0.496 e. The molecule has 0 amide bonds. The van der Waals surface area contributed by atoms with Crippen molar-refractivity contribution in [3.05, 3.63) is 41.5 Å². The van der Waals surface area contributed by atoms with E-state index in [1.807, 2.05) is 18.2 Å². The maximum Gasteiger partial charge on any atom is 0.341 e. The van der Waals surface area contributed by atoms with Gasteiger partial charge in [0.05, 0.1) is 14.2 Å². The number of aryl methyl sites for hydroxylation is 1. The van der Waals surface area contributed by atoms with Gasteiger partial charge in [0.25, 0.3) is 0 Å². The average Bonchev–Trinajstić information content (AvgIpc) is 2.73. The van der Waals surface area contributed by atoms with Crippen LogP contribution in [0.25, 0.3) is 0 Å². The number of hydrogen-bond acceptors (Lipinski definition) is 3. The van der Waals surface area contributed by atoms with Crippen LogP contribution >= 0.6 is 0 Å². The van der Waals surface area contributed by atoms with E-state index in [-0.39, 0.29) is 5.97 Å². The van der Waals surface area contributed by atoms with Crippen LogP contribution in [0, 0.1) is 5.92 Å². The minimum absolute atomic E-state index is 0.316. The van der Waals surface area contributed by atoms with Crippen molar-refractivity contribution in [3.63, 3.8) is 0 Å². The van der Waals surface area contributed by atoms with Gasteiger partial charge in [-0.25, -0.2) is 4.79 Å². The van der Waals surface area contributed by atoms with Crippen molar-refractivity contribution in [3.8, 4) is 5.75 Å². The highest BCUT2D eigenvalue weighted by molar-refractivity contribution is 5.94. The summed E-state index contributed by atoms with van der Waals surface area (Å²) < 4.78 is 10.2. The Morgan fingerprint density at radius 1 is 1.00 bits per heavy atom. The van der Waals surface area contributed by atoms with E-state index >= 15 is 0 Å². The second-order valence-electron chi connectivity index (χ2n) is 7.71. The number of carbonyl (C=O) groups excluding carboxylic acids is 1. The fourth-order valence-electron chi connectivity index (χ4n) is 3.42. The lowest BCUT2D eigenvalue weighted by atomic mass is 9.99. The quantitative estimate of drug-likeness (QED) is 0.182. The molecule has 0 aromatic heterocycles. The van der Waals surface area contributed by atoms with Gasteiger partial charge in [-0.1, -0.05) is 70.2 Å². The van der Waals surface area contributed by atoms with Crippen LogP contribution in [-0.4, -0.2) is 20.2 Å². The molecule has 0 radical (unpaired) electrons. The summed E-state index contributed by atoms with van der Waals surface area (Å²) in [5.74, 6) is 1.15. The number of ether oxygens (including phenoxy) is 2. The molecule has 0 aliphatic heterocycles. The molecule has 28 heavy (non-hydrogen) atoms. The molecule has 0 aliphatic carbocycles. The second-order valence-corrected chi connectivity index (χ2v) is 7.71. The molecule has 0 fully saturated rings. The molecule has 0 saturated heterocycles. The van der Waals surface area contributed by atoms with Gasteiger partial charge in [0, 0.05) is 0 Å². The number of unbranched alkanes of at least 4 members (excludes halogenated alkanes) is 6. The summed E-state index contributed by atoms with van der Waals surface area (Å²) >= 11 is 0. The summed E-state index contributed by atoms with van der Waals surface area (Å²) in [6, 6.07) is 5.75. The number of benzene rings is 1. The molecule has 0 N–H and O–H groups in total. The van der Waals surface area contributed by atoms with Crippen molar-refractivity contribution < 1.29 is 14.3 Å². The average molecular weight is 389 g/mol. The number of esters is 1. The Bertz CT molecular complexity index is 577. The lowest BCUT2D eigenvalue weighted by Crippen LogP contribution is -2.08. The summed E-state index contributed by atoms with van der Waals surface area (Å²) in [4.78, 5) is 12.1. The summed E-state index contributed by atoms with van der Waals surface area (Å²) in [6.45, 7) is 4.61. The monoisotopic (exact) mass is 388 g/mol. The summed E-state index contributed by atoms with van der Waals surface area (Å²) in [5, 5.41) is 0. The fraction of sp³-hybridized carbons (Fsp3) is 0.640. The van der Waals surface area contributed by atoms with Gasteiger partial charge in [-0.2, -0.15) is 0 Å². The second kappa shape index (κ2) is 15.2. The van der Waals surface area contributed by atoms with Crippen LogP contribution in [0.5, 0.6) is 5.75 Å². The molecule has 0 saturated carbocycles. The molecule has 158 valence electrons. The first-order chi connectivity index (χ1) is 13.6. The van der Waals surface area contributed by atoms with Gasteiger partial charge in [-0.3, -0.25) is 0 Å². The van der Waals surface area contributed by atoms with E-state index in [9.17, 15) is 4.79 Å². The Labute approximate surface area is 172 Å². The normalized spacial score (nSPS) is 12.3. The highest BCUT2D eigenvalue weighted by atomic mass is 16.5. The minimum atomic E-state index is -0.316. The molecule has 3 heteroatoms. The first-order valence-corrected chi connectivity index (χ1v) is 11.0. The zero-order valence-electron chi connectivity index (χ0n) is 18.5. The van der Waals surface area contributed by atoms with Gasteiger partial charge in [-0.15, -0.1) is 0 Å². The lowest BCUT2D eigenvalue weighted by Gasteiger charge is -2.12. The maximum atomic E-state index is 12.1. The molecule has 1 rings (SSSR count). The molecule has 0 spiro atoms. The van der Waals surface area contributed by atoms with Gasteiger partial charge in [0.1, 0.15) is 11.3 Å². The first-order valence-electron chi connectivity index (χ1n) is 11.0. The predicted molar refractivity (Wildman–Crippen MR) is 118 cm³/mol. The van der Waals surface area contributed by atoms with Crippen molar-refractivity contribution in [2.75, 3.05) is 14.2 Å². The van der Waals surface area contributed by atoms with Gasteiger partial charge < -0.3 is 9.47 Å². The predicted octanol–water partition coefficient (Wildman–Crippen LogP) is 7.14. The van der Waals surface area contributed by atoms with E-state index in [0.717, 1.165) is 24.3 Å². The molecule has 0 bridgehead atoms. The molecule has 3 nitrogen and oxygen atoms in total. The topological polar surface area (TPSA) is 35.5 Å². The standard InChI is InChI=1S/C25H40O3/c1-5-21(2)17-14-12-10-8-6-7-9-11-13-15-18-22-19-16-20-23(27-3)24(22)25(26)28-4/h8,10,16,19-21H,5-7,9,11-15,17-18H2,1-4H3. The van der Waals surface area contributed by atoms with E-state index in [1.165, 1.54) is 64.9 Å². The summed E-state index contributed by atoms with van der Waals surface area (Å²) in [6.07, 6.45) is 18.1. The van der Waals surface area contributed by atoms with E-state index in [1.54, 1.807) is 7.11 Å². The first kappa shape index (κ1) is 24.3. The number of rotatable bonds is 15. The Kier molecular flexibility index (Phi) is 13.2. The third-order valence-electron chi connectivity index (χ3n) is 5.47. The number of carbonyl (C=O) groups is 1. The number of methoxy groups -OCH3 is 2. The van der Waals surface area contributed by atoms with Crippen LogP contribution in [0.2, 0.25) is 0 Å². The van der Waals surface area contributed by atoms with Crippen LogP contribution in [-0.2, 0) is 11.2 Å². The van der Waals surface area contributed by atoms with Gasteiger partial charge in [0.15, 0.2) is 0 Å². The summed E-state index contributed by atoms with van der Waals surface area (Å²) in [5.41, 5.74) is 1.59. The molecule has 1 aromatic rings. The van der Waals surface area contributed by atoms with Crippen LogP contribution < -0.4 is 4.74 Å². The van der Waals surface area contributed by atoms with E-state index in [0.29, 0.717) is 11.3 Å². The third-order valence-corrected chi connectivity index (χ3v) is 5.47. The lowest BCUT2D eigenvalue weighted by molar-refractivity contribution is 0.0595. The van der Waals surface area contributed by atoms with Crippen molar-refractivity contribution in [1.29, 1.82) is 0 Å². The molecule has 0 heterocycles. The van der Waals surface area contributed by atoms with Crippen molar-refractivity contribution in [2.24, 2.45) is 5.92 Å². The van der Waals surface area contributed by atoms with Gasteiger partial charge in [0.2, 0.25) is 0 Å². The van der Waals surface area contributed by atoms with Crippen LogP contribution in [0.4, 0.5) is 0 Å². The molecular formula is C25H40O3. The van der Waals surface area contributed by atoms with Crippen LogP contribution in [0.3, 0.4) is 0 Å². The minimum Gasteiger partial charge on any atom is -0.496 e. The molecular weight excluding hydrogens is 348 g/mol. The Morgan fingerprint density at radius 3 is 2.36 bits per heavy atom. The fourth-order valence-corrected chi connectivity index (χ4v) is 3.42.